The van der Waals surface area contributed by atoms with E-state index in [-0.39, 0.29) is 6.10 Å². The van der Waals surface area contributed by atoms with E-state index >= 15 is 0 Å². The average Bonchev–Trinajstić information content (AvgIpc) is 3.49. The van der Waals surface area contributed by atoms with E-state index in [0.717, 1.165) is 61.2 Å². The third-order valence-electron chi connectivity index (χ3n) is 7.10. The fourth-order valence-electron chi connectivity index (χ4n) is 5.23. The number of aliphatic hydroxyl groups is 1. The number of rotatable bonds is 6. The van der Waals surface area contributed by atoms with E-state index in [1.807, 2.05) is 24.4 Å². The Labute approximate surface area is 205 Å². The number of aromatic amines is 1. The molecule has 1 aliphatic heterocycles. The minimum atomic E-state index is -0.894. The number of hydrogen-bond donors (Lipinski definition) is 4. The second-order valence-electron chi connectivity index (χ2n) is 9.44. The molecule has 2 aliphatic rings. The molecule has 0 bridgehead atoms. The molecule has 6 nitrogen and oxygen atoms in total. The van der Waals surface area contributed by atoms with E-state index in [4.69, 9.17) is 4.74 Å². The molecule has 6 heteroatoms. The van der Waals surface area contributed by atoms with Gasteiger partial charge in [-0.15, -0.1) is 0 Å². The lowest BCUT2D eigenvalue weighted by Crippen LogP contribution is -2.19. The minimum absolute atomic E-state index is 0.0398. The van der Waals surface area contributed by atoms with E-state index in [1.165, 1.54) is 22.3 Å². The molecule has 0 spiro atoms. The molecule has 1 atom stereocenters. The fraction of sp³-hybridized carbons (Fsp3) is 0.276. The summed E-state index contributed by atoms with van der Waals surface area (Å²) in [6.07, 6.45) is 6.58. The highest BCUT2D eigenvalue weighted by molar-refractivity contribution is 5.65. The molecule has 0 fully saturated rings. The van der Waals surface area contributed by atoms with Crippen LogP contribution >= 0.6 is 0 Å². The van der Waals surface area contributed by atoms with Gasteiger partial charge in [0.05, 0.1) is 6.20 Å². The van der Waals surface area contributed by atoms with Crippen molar-refractivity contribution in [3.8, 4) is 16.9 Å². The van der Waals surface area contributed by atoms with Crippen molar-refractivity contribution in [2.24, 2.45) is 0 Å². The van der Waals surface area contributed by atoms with Crippen LogP contribution < -0.4 is 15.4 Å². The van der Waals surface area contributed by atoms with Crippen LogP contribution in [0.2, 0.25) is 0 Å². The summed E-state index contributed by atoms with van der Waals surface area (Å²) < 4.78 is 6.55. The Balaban J connectivity index is 1.27. The summed E-state index contributed by atoms with van der Waals surface area (Å²) in [7, 11) is 0. The van der Waals surface area contributed by atoms with E-state index in [0.29, 0.717) is 5.75 Å². The van der Waals surface area contributed by atoms with Gasteiger partial charge in [0.15, 0.2) is 6.23 Å². The standard InChI is InChI=1S/C29H30N4O2/c34-29(33-25-7-5-19-9-11-30-12-10-23(19)13-25)27-8-6-22(24-17-31-32-18-24)16-28(27)35-26-14-20-3-1-2-4-21(20)15-26/h1-8,13,16-18,26,29-30,33-34H,9-12,14-15H2,(H,31,32). The Bertz CT molecular complexity index is 1290. The summed E-state index contributed by atoms with van der Waals surface area (Å²) in [5.74, 6) is 0.695. The molecule has 35 heavy (non-hydrogen) atoms. The SMILES string of the molecule is OC(Nc1ccc2c(c1)CCNCC2)c1ccc(-c2cn[nH]c2)cc1OC1Cc2ccccc2C1. The van der Waals surface area contributed by atoms with Crippen LogP contribution in [0.25, 0.3) is 11.1 Å². The number of nitrogens with zero attached hydrogens (tertiary/aromatic N) is 1. The third kappa shape index (κ3) is 4.67. The van der Waals surface area contributed by atoms with Crippen molar-refractivity contribution in [2.45, 2.75) is 38.0 Å². The molecular weight excluding hydrogens is 436 g/mol. The van der Waals surface area contributed by atoms with E-state index in [1.54, 1.807) is 6.20 Å². The molecule has 6 rings (SSSR count). The molecule has 0 amide bonds. The summed E-state index contributed by atoms with van der Waals surface area (Å²) in [5, 5.41) is 25.0. The number of fused-ring (bicyclic) bond motifs is 2. The molecule has 1 aliphatic carbocycles. The van der Waals surface area contributed by atoms with Crippen molar-refractivity contribution in [2.75, 3.05) is 18.4 Å². The number of aliphatic hydroxyl groups excluding tert-OH is 1. The van der Waals surface area contributed by atoms with E-state index < -0.39 is 6.23 Å². The zero-order chi connectivity index (χ0) is 23.6. The lowest BCUT2D eigenvalue weighted by atomic mass is 10.0. The van der Waals surface area contributed by atoms with Crippen molar-refractivity contribution in [1.82, 2.24) is 15.5 Å². The third-order valence-corrected chi connectivity index (χ3v) is 7.10. The van der Waals surface area contributed by atoms with Crippen LogP contribution in [0.15, 0.2) is 73.1 Å². The Morgan fingerprint density at radius 3 is 2.46 bits per heavy atom. The normalized spacial score (nSPS) is 16.3. The van der Waals surface area contributed by atoms with Gasteiger partial charge in [-0.25, -0.2) is 0 Å². The molecule has 0 saturated carbocycles. The lowest BCUT2D eigenvalue weighted by Gasteiger charge is -2.22. The van der Waals surface area contributed by atoms with Gasteiger partial charge in [0.25, 0.3) is 0 Å². The van der Waals surface area contributed by atoms with Gasteiger partial charge < -0.3 is 20.5 Å². The number of hydrogen-bond acceptors (Lipinski definition) is 5. The topological polar surface area (TPSA) is 82.2 Å². The molecule has 3 aromatic carbocycles. The zero-order valence-corrected chi connectivity index (χ0v) is 19.6. The van der Waals surface area contributed by atoms with Gasteiger partial charge in [0, 0.05) is 35.9 Å². The quantitative estimate of drug-likeness (QED) is 0.317. The van der Waals surface area contributed by atoms with Gasteiger partial charge >= 0.3 is 0 Å². The highest BCUT2D eigenvalue weighted by Gasteiger charge is 2.25. The van der Waals surface area contributed by atoms with Gasteiger partial charge in [-0.1, -0.05) is 42.5 Å². The van der Waals surface area contributed by atoms with Crippen LogP contribution in [-0.2, 0) is 25.7 Å². The predicted molar refractivity (Wildman–Crippen MR) is 138 cm³/mol. The first kappa shape index (κ1) is 21.9. The number of benzene rings is 3. The lowest BCUT2D eigenvalue weighted by molar-refractivity contribution is 0.180. The second kappa shape index (κ2) is 9.56. The number of ether oxygens (including phenoxy) is 1. The first-order valence-electron chi connectivity index (χ1n) is 12.4. The van der Waals surface area contributed by atoms with Crippen molar-refractivity contribution in [3.63, 3.8) is 0 Å². The first-order chi connectivity index (χ1) is 17.2. The minimum Gasteiger partial charge on any atom is -0.489 e. The molecule has 178 valence electrons. The number of anilines is 1. The molecule has 1 aromatic heterocycles. The molecule has 0 saturated heterocycles. The highest BCUT2D eigenvalue weighted by atomic mass is 16.5. The van der Waals surface area contributed by atoms with Crippen molar-refractivity contribution >= 4 is 5.69 Å². The maximum atomic E-state index is 11.3. The van der Waals surface area contributed by atoms with Gasteiger partial charge in [-0.3, -0.25) is 5.10 Å². The van der Waals surface area contributed by atoms with Crippen molar-refractivity contribution in [1.29, 1.82) is 0 Å². The van der Waals surface area contributed by atoms with Crippen molar-refractivity contribution < 1.29 is 9.84 Å². The summed E-state index contributed by atoms with van der Waals surface area (Å²) in [6.45, 7) is 1.99. The molecule has 4 N–H and O–H groups in total. The van der Waals surface area contributed by atoms with Crippen LogP contribution in [0.3, 0.4) is 0 Å². The fourth-order valence-corrected chi connectivity index (χ4v) is 5.23. The van der Waals surface area contributed by atoms with Crippen LogP contribution in [0.4, 0.5) is 5.69 Å². The Morgan fingerprint density at radius 2 is 1.69 bits per heavy atom. The van der Waals surface area contributed by atoms with Gasteiger partial charge in [0.1, 0.15) is 11.9 Å². The maximum Gasteiger partial charge on any atom is 0.154 e. The molecule has 4 aromatic rings. The molecule has 1 unspecified atom stereocenters. The van der Waals surface area contributed by atoms with Gasteiger partial charge in [0.2, 0.25) is 0 Å². The second-order valence-corrected chi connectivity index (χ2v) is 9.44. The molecule has 0 radical (unpaired) electrons. The average molecular weight is 467 g/mol. The Kier molecular flexibility index (Phi) is 5.98. The summed E-state index contributed by atoms with van der Waals surface area (Å²) in [4.78, 5) is 0. The smallest absolute Gasteiger partial charge is 0.154 e. The van der Waals surface area contributed by atoms with Crippen molar-refractivity contribution in [3.05, 3.63) is 101 Å². The first-order valence-corrected chi connectivity index (χ1v) is 12.4. The van der Waals surface area contributed by atoms with Crippen LogP contribution in [0.5, 0.6) is 5.75 Å². The number of nitrogens with one attached hydrogen (secondary N) is 3. The molecular formula is C29H30N4O2. The summed E-state index contributed by atoms with van der Waals surface area (Å²) >= 11 is 0. The van der Waals surface area contributed by atoms with E-state index in [2.05, 4.69) is 63.3 Å². The van der Waals surface area contributed by atoms with Gasteiger partial charge in [-0.05, 0) is 71.9 Å². The highest BCUT2D eigenvalue weighted by Crippen LogP contribution is 2.35. The zero-order valence-electron chi connectivity index (χ0n) is 19.6. The number of H-pyrrole nitrogens is 1. The van der Waals surface area contributed by atoms with Crippen LogP contribution in [-0.4, -0.2) is 34.5 Å². The summed E-state index contributed by atoms with van der Waals surface area (Å²) in [5.41, 5.74) is 9.01. The monoisotopic (exact) mass is 466 g/mol. The molecule has 2 heterocycles. The summed E-state index contributed by atoms with van der Waals surface area (Å²) in [6, 6.07) is 20.9. The van der Waals surface area contributed by atoms with Crippen LogP contribution in [0.1, 0.15) is 34.0 Å². The Morgan fingerprint density at radius 1 is 0.886 bits per heavy atom. The number of aromatic nitrogens is 2. The van der Waals surface area contributed by atoms with Gasteiger partial charge in [-0.2, -0.15) is 5.10 Å². The van der Waals surface area contributed by atoms with E-state index in [9.17, 15) is 5.11 Å². The largest absolute Gasteiger partial charge is 0.489 e. The predicted octanol–water partition coefficient (Wildman–Crippen LogP) is 4.41. The Hall–Kier alpha value is -3.61. The maximum absolute atomic E-state index is 11.3. The van der Waals surface area contributed by atoms with Crippen LogP contribution in [0, 0.1) is 0 Å².